The molecule has 3 rings (SSSR count). The van der Waals surface area contributed by atoms with Crippen molar-refractivity contribution in [2.75, 3.05) is 20.3 Å². The van der Waals surface area contributed by atoms with Gasteiger partial charge < -0.3 is 9.47 Å². The first kappa shape index (κ1) is 15.5. The lowest BCUT2D eigenvalue weighted by Crippen LogP contribution is -2.41. The number of rotatable bonds is 5. The van der Waals surface area contributed by atoms with Crippen molar-refractivity contribution in [2.24, 2.45) is 4.99 Å². The molecule has 1 unspecified atom stereocenters. The summed E-state index contributed by atoms with van der Waals surface area (Å²) in [5, 5.41) is 1.89. The van der Waals surface area contributed by atoms with E-state index in [4.69, 9.17) is 21.1 Å². The van der Waals surface area contributed by atoms with Crippen molar-refractivity contribution in [3.8, 4) is 11.6 Å². The summed E-state index contributed by atoms with van der Waals surface area (Å²) in [5.41, 5.74) is 0.366. The van der Waals surface area contributed by atoms with E-state index in [-0.39, 0.29) is 6.61 Å². The van der Waals surface area contributed by atoms with Crippen LogP contribution in [0.5, 0.6) is 11.6 Å². The molecule has 0 saturated carbocycles. The molecule has 0 bridgehead atoms. The minimum atomic E-state index is -0.756. The highest BCUT2D eigenvalue weighted by atomic mass is 35.5. The number of para-hydroxylation sites is 1. The van der Waals surface area contributed by atoms with Crippen molar-refractivity contribution in [1.82, 2.24) is 4.98 Å². The van der Waals surface area contributed by atoms with Crippen LogP contribution in [0, 0.1) is 0 Å². The molecular weight excluding hydrogens is 316 g/mol. The SMILES string of the molecule is COc1cc(C=O)c(OCC2(Cl)C=c3ccccc3=NC2)cn1. The molecule has 23 heavy (non-hydrogen) atoms. The molecule has 0 aliphatic carbocycles. The Morgan fingerprint density at radius 2 is 2.22 bits per heavy atom. The predicted molar refractivity (Wildman–Crippen MR) is 86.8 cm³/mol. The summed E-state index contributed by atoms with van der Waals surface area (Å²) in [6, 6.07) is 9.30. The molecule has 0 amide bonds. The molecule has 0 spiro atoms. The van der Waals surface area contributed by atoms with Gasteiger partial charge in [0.15, 0.2) is 6.29 Å². The average molecular weight is 331 g/mol. The Kier molecular flexibility index (Phi) is 4.30. The summed E-state index contributed by atoms with van der Waals surface area (Å²) in [7, 11) is 1.49. The third-order valence-electron chi connectivity index (χ3n) is 3.54. The van der Waals surface area contributed by atoms with E-state index < -0.39 is 4.87 Å². The first-order valence-electron chi connectivity index (χ1n) is 7.07. The summed E-state index contributed by atoms with van der Waals surface area (Å²) in [4.78, 5) is 18.9. The van der Waals surface area contributed by atoms with Crippen LogP contribution in [0.3, 0.4) is 0 Å². The maximum atomic E-state index is 11.2. The Labute approximate surface area is 138 Å². The molecule has 0 fully saturated rings. The fourth-order valence-electron chi connectivity index (χ4n) is 2.34. The maximum Gasteiger partial charge on any atom is 0.213 e. The summed E-state index contributed by atoms with van der Waals surface area (Å²) < 4.78 is 10.7. The van der Waals surface area contributed by atoms with E-state index in [2.05, 4.69) is 9.98 Å². The number of halogens is 1. The van der Waals surface area contributed by atoms with E-state index in [1.165, 1.54) is 19.4 Å². The zero-order chi connectivity index (χ0) is 16.3. The van der Waals surface area contributed by atoms with Crippen molar-refractivity contribution >= 4 is 24.0 Å². The average Bonchev–Trinajstić information content (AvgIpc) is 2.59. The van der Waals surface area contributed by atoms with Crippen LogP contribution in [-0.2, 0) is 0 Å². The van der Waals surface area contributed by atoms with Crippen LogP contribution < -0.4 is 20.0 Å². The molecule has 6 heteroatoms. The molecule has 0 N–H and O–H groups in total. The third kappa shape index (κ3) is 3.35. The molecule has 1 aromatic carbocycles. The zero-order valence-corrected chi connectivity index (χ0v) is 13.3. The monoisotopic (exact) mass is 330 g/mol. The Morgan fingerprint density at radius 3 is 3.00 bits per heavy atom. The van der Waals surface area contributed by atoms with Gasteiger partial charge in [0.05, 0.1) is 30.8 Å². The number of benzene rings is 1. The summed E-state index contributed by atoms with van der Waals surface area (Å²) in [6.07, 6.45) is 4.09. The number of hydrogen-bond acceptors (Lipinski definition) is 5. The number of aldehydes is 1. The zero-order valence-electron chi connectivity index (χ0n) is 12.5. The van der Waals surface area contributed by atoms with Gasteiger partial charge in [0.2, 0.25) is 5.88 Å². The van der Waals surface area contributed by atoms with Crippen molar-refractivity contribution in [3.05, 3.63) is 52.7 Å². The first-order valence-corrected chi connectivity index (χ1v) is 7.45. The van der Waals surface area contributed by atoms with Gasteiger partial charge >= 0.3 is 0 Å². The summed E-state index contributed by atoms with van der Waals surface area (Å²) in [6.45, 7) is 0.590. The Balaban J connectivity index is 1.81. The van der Waals surface area contributed by atoms with Crippen molar-refractivity contribution in [3.63, 3.8) is 0 Å². The van der Waals surface area contributed by atoms with E-state index in [0.717, 1.165) is 10.6 Å². The number of fused-ring (bicyclic) bond motifs is 1. The number of aromatic nitrogens is 1. The van der Waals surface area contributed by atoms with Crippen LogP contribution in [0.25, 0.3) is 6.08 Å². The van der Waals surface area contributed by atoms with Gasteiger partial charge in [-0.3, -0.25) is 9.79 Å². The first-order chi connectivity index (χ1) is 11.1. The standard InChI is InChI=1S/C17H15ClN2O3/c1-22-16-6-13(9-21)15(8-19-16)23-11-17(18)7-12-4-2-3-5-14(12)20-10-17/h2-9H,10-11H2,1H3. The number of carbonyl (C=O) groups excluding carboxylic acids is 1. The van der Waals surface area contributed by atoms with Gasteiger partial charge in [0, 0.05) is 6.07 Å². The van der Waals surface area contributed by atoms with Gasteiger partial charge in [-0.15, -0.1) is 11.6 Å². The van der Waals surface area contributed by atoms with Gasteiger partial charge in [-0.1, -0.05) is 18.2 Å². The highest BCUT2D eigenvalue weighted by molar-refractivity contribution is 6.28. The van der Waals surface area contributed by atoms with Crippen molar-refractivity contribution in [1.29, 1.82) is 0 Å². The molecular formula is C17H15ClN2O3. The van der Waals surface area contributed by atoms with Crippen LogP contribution in [0.1, 0.15) is 10.4 Å². The van der Waals surface area contributed by atoms with Gasteiger partial charge in [-0.25, -0.2) is 4.98 Å². The van der Waals surface area contributed by atoms with Crippen LogP contribution in [0.4, 0.5) is 0 Å². The van der Waals surface area contributed by atoms with Gasteiger partial charge in [0.1, 0.15) is 17.2 Å². The van der Waals surface area contributed by atoms with E-state index in [9.17, 15) is 4.79 Å². The molecule has 1 aromatic heterocycles. The van der Waals surface area contributed by atoms with Crippen LogP contribution >= 0.6 is 11.6 Å². The Morgan fingerprint density at radius 1 is 1.39 bits per heavy atom. The minimum absolute atomic E-state index is 0.182. The van der Waals surface area contributed by atoms with Crippen molar-refractivity contribution < 1.29 is 14.3 Å². The summed E-state index contributed by atoms with van der Waals surface area (Å²) in [5.74, 6) is 0.723. The Hall–Kier alpha value is -2.40. The molecule has 2 heterocycles. The van der Waals surface area contributed by atoms with Crippen LogP contribution in [-0.4, -0.2) is 36.4 Å². The van der Waals surface area contributed by atoms with E-state index >= 15 is 0 Å². The third-order valence-corrected chi connectivity index (χ3v) is 3.88. The number of alkyl halides is 1. The van der Waals surface area contributed by atoms with Crippen molar-refractivity contribution in [2.45, 2.75) is 4.87 Å². The Bertz CT molecular complexity index is 853. The fraction of sp³-hybridized carbons (Fsp3) is 0.235. The molecule has 1 aliphatic heterocycles. The topological polar surface area (TPSA) is 60.8 Å². The predicted octanol–water partition coefficient (Wildman–Crippen LogP) is 1.37. The van der Waals surface area contributed by atoms with Gasteiger partial charge in [-0.2, -0.15) is 0 Å². The lowest BCUT2D eigenvalue weighted by molar-refractivity contribution is 0.111. The van der Waals surface area contributed by atoms with Crippen LogP contribution in [0.15, 0.2) is 41.5 Å². The number of pyridine rings is 1. The van der Waals surface area contributed by atoms with Gasteiger partial charge in [0.25, 0.3) is 0 Å². The highest BCUT2D eigenvalue weighted by Gasteiger charge is 2.27. The maximum absolute atomic E-state index is 11.2. The molecule has 0 saturated heterocycles. The lowest BCUT2D eigenvalue weighted by atomic mass is 10.1. The molecule has 0 radical (unpaired) electrons. The van der Waals surface area contributed by atoms with E-state index in [1.807, 2.05) is 30.3 Å². The molecule has 118 valence electrons. The quantitative estimate of drug-likeness (QED) is 0.614. The summed E-state index contributed by atoms with van der Waals surface area (Å²) >= 11 is 6.60. The smallest absolute Gasteiger partial charge is 0.213 e. The largest absolute Gasteiger partial charge is 0.489 e. The number of hydrogen-bond donors (Lipinski definition) is 0. The van der Waals surface area contributed by atoms with E-state index in [1.54, 1.807) is 0 Å². The number of nitrogens with zero attached hydrogens (tertiary/aromatic N) is 2. The number of ether oxygens (including phenoxy) is 2. The van der Waals surface area contributed by atoms with Gasteiger partial charge in [-0.05, 0) is 17.4 Å². The van der Waals surface area contributed by atoms with Crippen LogP contribution in [0.2, 0.25) is 0 Å². The molecule has 2 aromatic rings. The minimum Gasteiger partial charge on any atom is -0.489 e. The lowest BCUT2D eigenvalue weighted by Gasteiger charge is -2.24. The second kappa shape index (κ2) is 6.38. The fourth-order valence-corrected chi connectivity index (χ4v) is 2.57. The second-order valence-corrected chi connectivity index (χ2v) is 5.98. The normalized spacial score (nSPS) is 19.0. The number of methoxy groups -OCH3 is 1. The molecule has 5 nitrogen and oxygen atoms in total. The number of carbonyl (C=O) groups is 1. The molecule has 1 aliphatic rings. The highest BCUT2D eigenvalue weighted by Crippen LogP contribution is 2.24. The molecule has 1 atom stereocenters. The van der Waals surface area contributed by atoms with E-state index in [0.29, 0.717) is 30.0 Å². The second-order valence-electron chi connectivity index (χ2n) is 5.23.